The fourth-order valence-electron chi connectivity index (χ4n) is 7.04. The summed E-state index contributed by atoms with van der Waals surface area (Å²) in [4.78, 5) is 19.7. The predicted octanol–water partition coefficient (Wildman–Crippen LogP) is 11.4. The van der Waals surface area contributed by atoms with Crippen LogP contribution in [0.1, 0.15) is 0 Å². The molecule has 0 saturated heterocycles. The zero-order valence-electron chi connectivity index (χ0n) is 26.7. The molecule has 234 valence electrons. The molecule has 0 N–H and O–H groups in total. The molecule has 0 bridgehead atoms. The van der Waals surface area contributed by atoms with Crippen LogP contribution in [0.5, 0.6) is 0 Å². The third-order valence-corrected chi connectivity index (χ3v) is 10.6. The van der Waals surface area contributed by atoms with E-state index in [-0.39, 0.29) is 0 Å². The minimum Gasteiger partial charge on any atom is -0.308 e. The Morgan fingerprint density at radius 3 is 1.92 bits per heavy atom. The summed E-state index contributed by atoms with van der Waals surface area (Å²) in [6.45, 7) is 0. The Kier molecular flexibility index (Phi) is 6.60. The maximum Gasteiger partial charge on any atom is 0.165 e. The van der Waals surface area contributed by atoms with E-state index >= 15 is 0 Å². The van der Waals surface area contributed by atoms with Crippen LogP contribution in [-0.4, -0.2) is 24.5 Å². The van der Waals surface area contributed by atoms with Gasteiger partial charge in [-0.15, -0.1) is 11.3 Å². The van der Waals surface area contributed by atoms with Crippen LogP contribution < -0.4 is 0 Å². The highest BCUT2D eigenvalue weighted by Crippen LogP contribution is 2.45. The van der Waals surface area contributed by atoms with Crippen molar-refractivity contribution < 1.29 is 0 Å². The van der Waals surface area contributed by atoms with Gasteiger partial charge in [-0.2, -0.15) is 0 Å². The van der Waals surface area contributed by atoms with Gasteiger partial charge in [-0.1, -0.05) is 109 Å². The van der Waals surface area contributed by atoms with Gasteiger partial charge in [0, 0.05) is 61.0 Å². The van der Waals surface area contributed by atoms with Crippen LogP contribution in [0.4, 0.5) is 0 Å². The summed E-state index contributed by atoms with van der Waals surface area (Å²) in [5, 5.41) is 4.89. The van der Waals surface area contributed by atoms with E-state index in [2.05, 4.69) is 143 Å². The number of nitrogens with zero attached hydrogens (tertiary/aromatic N) is 5. The first-order valence-corrected chi connectivity index (χ1v) is 17.4. The summed E-state index contributed by atoms with van der Waals surface area (Å²) in [6, 6.07) is 53.0. The number of hydrogen-bond donors (Lipinski definition) is 0. The van der Waals surface area contributed by atoms with Crippen LogP contribution in [0.3, 0.4) is 0 Å². The van der Waals surface area contributed by atoms with Crippen LogP contribution in [0.15, 0.2) is 164 Å². The lowest BCUT2D eigenvalue weighted by Gasteiger charge is -2.10. The highest BCUT2D eigenvalue weighted by molar-refractivity contribution is 7.27. The Morgan fingerprint density at radius 1 is 0.440 bits per heavy atom. The number of benzene rings is 6. The van der Waals surface area contributed by atoms with Crippen LogP contribution in [-0.2, 0) is 0 Å². The summed E-state index contributed by atoms with van der Waals surface area (Å²) in [6.07, 6.45) is 3.58. The van der Waals surface area contributed by atoms with E-state index in [1.54, 1.807) is 17.5 Å². The van der Waals surface area contributed by atoms with E-state index in [1.165, 1.54) is 37.3 Å². The molecule has 0 atom stereocenters. The highest BCUT2D eigenvalue weighted by Gasteiger charge is 2.21. The Morgan fingerprint density at radius 2 is 1.08 bits per heavy atom. The SMILES string of the molecule is c1ccc(-c2cccc(-c3nc(-c4cccnc4)nc(-c4cccc5c4sc4c5ccc5c6ccccc6n(-c6ccccc6)c54)n3)c2)cc1. The molecule has 0 saturated carbocycles. The van der Waals surface area contributed by atoms with E-state index in [1.807, 2.05) is 24.4 Å². The first-order valence-electron chi connectivity index (χ1n) is 16.6. The van der Waals surface area contributed by atoms with Gasteiger partial charge < -0.3 is 4.57 Å². The van der Waals surface area contributed by atoms with Crippen molar-refractivity contribution in [2.24, 2.45) is 0 Å². The van der Waals surface area contributed by atoms with Gasteiger partial charge in [-0.25, -0.2) is 15.0 Å². The van der Waals surface area contributed by atoms with Crippen LogP contribution >= 0.6 is 11.3 Å². The van der Waals surface area contributed by atoms with E-state index in [4.69, 9.17) is 15.0 Å². The summed E-state index contributed by atoms with van der Waals surface area (Å²) in [5.74, 6) is 1.85. The Labute approximate surface area is 291 Å². The summed E-state index contributed by atoms with van der Waals surface area (Å²) < 4.78 is 4.79. The second-order valence-corrected chi connectivity index (χ2v) is 13.3. The summed E-state index contributed by atoms with van der Waals surface area (Å²) in [5.41, 5.74) is 8.55. The monoisotopic (exact) mass is 657 g/mol. The van der Waals surface area contributed by atoms with E-state index in [0.29, 0.717) is 17.5 Å². The predicted molar refractivity (Wildman–Crippen MR) is 207 cm³/mol. The van der Waals surface area contributed by atoms with Gasteiger partial charge in [-0.3, -0.25) is 4.98 Å². The van der Waals surface area contributed by atoms with E-state index in [0.717, 1.165) is 38.2 Å². The highest BCUT2D eigenvalue weighted by atomic mass is 32.1. The average molecular weight is 658 g/mol. The van der Waals surface area contributed by atoms with Crippen LogP contribution in [0.25, 0.3) is 93.0 Å². The molecule has 0 unspecified atom stereocenters. The van der Waals surface area contributed by atoms with Crippen molar-refractivity contribution in [1.29, 1.82) is 0 Å². The molecule has 5 nitrogen and oxygen atoms in total. The fraction of sp³-hybridized carbons (Fsp3) is 0. The first-order chi connectivity index (χ1) is 24.8. The third kappa shape index (κ3) is 4.61. The quantitative estimate of drug-likeness (QED) is 0.185. The standard InChI is InChI=1S/C44H27N5S/c1-3-12-28(13-4-1)29-14-9-15-30(26-29)42-46-43(31-16-11-25-45-27-31)48-44(47-42)37-21-10-20-35-36-24-23-34-33-19-7-8-22-38(33)49(32-17-5-2-6-18-32)39(34)41(36)50-40(35)37/h1-27H. The van der Waals surface area contributed by atoms with Gasteiger partial charge in [0.2, 0.25) is 0 Å². The zero-order chi connectivity index (χ0) is 33.0. The topological polar surface area (TPSA) is 56.5 Å². The molecule has 10 rings (SSSR count). The van der Waals surface area contributed by atoms with Crippen LogP contribution in [0.2, 0.25) is 0 Å². The Balaban J connectivity index is 1.23. The van der Waals surface area contributed by atoms with Crippen molar-refractivity contribution in [3.63, 3.8) is 0 Å². The summed E-state index contributed by atoms with van der Waals surface area (Å²) >= 11 is 1.81. The molecule has 0 fully saturated rings. The number of pyridine rings is 1. The van der Waals surface area contributed by atoms with Crippen molar-refractivity contribution in [3.05, 3.63) is 164 Å². The molecule has 6 heteroatoms. The molecule has 0 aliphatic heterocycles. The van der Waals surface area contributed by atoms with Crippen LogP contribution in [0, 0.1) is 0 Å². The Bertz CT molecular complexity index is 2860. The van der Waals surface area contributed by atoms with Gasteiger partial charge in [0.15, 0.2) is 17.5 Å². The maximum atomic E-state index is 5.18. The molecule has 0 spiro atoms. The normalized spacial score (nSPS) is 11.6. The Hall–Kier alpha value is -6.50. The zero-order valence-corrected chi connectivity index (χ0v) is 27.5. The number of fused-ring (bicyclic) bond motifs is 7. The molecule has 0 amide bonds. The lowest BCUT2D eigenvalue weighted by molar-refractivity contribution is 1.07. The number of rotatable bonds is 5. The third-order valence-electron chi connectivity index (χ3n) is 9.34. The lowest BCUT2D eigenvalue weighted by atomic mass is 10.0. The smallest absolute Gasteiger partial charge is 0.165 e. The van der Waals surface area contributed by atoms with E-state index in [9.17, 15) is 0 Å². The number of aromatic nitrogens is 5. The van der Waals surface area contributed by atoms with Gasteiger partial charge in [-0.05, 0) is 53.6 Å². The molecule has 50 heavy (non-hydrogen) atoms. The van der Waals surface area contributed by atoms with Crippen molar-refractivity contribution >= 4 is 53.3 Å². The molecule has 0 aliphatic carbocycles. The molecular formula is C44H27N5S. The average Bonchev–Trinajstić information content (AvgIpc) is 3.75. The molecular weight excluding hydrogens is 631 g/mol. The second kappa shape index (κ2) is 11.6. The maximum absolute atomic E-state index is 5.18. The number of thiophene rings is 1. The van der Waals surface area contributed by atoms with Crippen molar-refractivity contribution in [3.8, 4) is 51.0 Å². The largest absolute Gasteiger partial charge is 0.308 e. The fourth-order valence-corrected chi connectivity index (χ4v) is 8.39. The molecule has 4 heterocycles. The second-order valence-electron chi connectivity index (χ2n) is 12.3. The van der Waals surface area contributed by atoms with E-state index < -0.39 is 0 Å². The minimum atomic E-state index is 0.591. The molecule has 0 aliphatic rings. The molecule has 6 aromatic carbocycles. The molecule has 4 aromatic heterocycles. The number of hydrogen-bond acceptors (Lipinski definition) is 5. The van der Waals surface area contributed by atoms with Gasteiger partial charge in [0.05, 0.1) is 15.7 Å². The van der Waals surface area contributed by atoms with Crippen molar-refractivity contribution in [1.82, 2.24) is 24.5 Å². The lowest BCUT2D eigenvalue weighted by Crippen LogP contribution is -2.00. The first kappa shape index (κ1) is 28.5. The van der Waals surface area contributed by atoms with Crippen molar-refractivity contribution in [2.45, 2.75) is 0 Å². The molecule has 0 radical (unpaired) electrons. The molecule has 10 aromatic rings. The van der Waals surface area contributed by atoms with Crippen molar-refractivity contribution in [2.75, 3.05) is 0 Å². The van der Waals surface area contributed by atoms with Gasteiger partial charge in [0.1, 0.15) is 0 Å². The van der Waals surface area contributed by atoms with Gasteiger partial charge in [0.25, 0.3) is 0 Å². The summed E-state index contributed by atoms with van der Waals surface area (Å²) in [7, 11) is 0. The minimum absolute atomic E-state index is 0.591. The number of para-hydroxylation sites is 2. The van der Waals surface area contributed by atoms with Gasteiger partial charge >= 0.3 is 0 Å².